The Morgan fingerprint density at radius 3 is 2.88 bits per heavy atom. The third kappa shape index (κ3) is 4.20. The Bertz CT molecular complexity index is 338. The number of hydrogen-bond acceptors (Lipinski definition) is 5. The average molecular weight is 241 g/mol. The number of rotatable bonds is 5. The largest absolute Gasteiger partial charge is 0.469 e. The first-order chi connectivity index (χ1) is 7.63. The van der Waals surface area contributed by atoms with Gasteiger partial charge in [0.25, 0.3) is 0 Å². The van der Waals surface area contributed by atoms with E-state index in [1.165, 1.54) is 18.9 Å². The molecule has 1 rings (SSSR count). The summed E-state index contributed by atoms with van der Waals surface area (Å²) in [6, 6.07) is 3.67. The first kappa shape index (κ1) is 13.0. The summed E-state index contributed by atoms with van der Waals surface area (Å²) in [5, 5.41) is 10.1. The maximum absolute atomic E-state index is 10.9. The second kappa shape index (κ2) is 6.50. The Morgan fingerprint density at radius 1 is 1.62 bits per heavy atom. The van der Waals surface area contributed by atoms with E-state index in [0.29, 0.717) is 12.2 Å². The van der Waals surface area contributed by atoms with Gasteiger partial charge in [0.05, 0.1) is 24.7 Å². The van der Waals surface area contributed by atoms with E-state index in [4.69, 9.17) is 0 Å². The van der Waals surface area contributed by atoms with Gasteiger partial charge in [-0.2, -0.15) is 0 Å². The summed E-state index contributed by atoms with van der Waals surface area (Å²) in [6.45, 7) is 1.70. The van der Waals surface area contributed by atoms with E-state index in [1.807, 2.05) is 12.1 Å². The minimum atomic E-state index is -0.499. The highest BCUT2D eigenvalue weighted by atomic mass is 32.2. The van der Waals surface area contributed by atoms with Crippen LogP contribution < -0.4 is 0 Å². The van der Waals surface area contributed by atoms with Crippen LogP contribution in [0, 0.1) is 0 Å². The van der Waals surface area contributed by atoms with Gasteiger partial charge in [-0.3, -0.25) is 4.79 Å². The number of methoxy groups -OCH3 is 1. The monoisotopic (exact) mass is 241 g/mol. The quantitative estimate of drug-likeness (QED) is 0.629. The van der Waals surface area contributed by atoms with E-state index in [2.05, 4.69) is 9.72 Å². The zero-order chi connectivity index (χ0) is 12.0. The highest BCUT2D eigenvalue weighted by molar-refractivity contribution is 7.99. The van der Waals surface area contributed by atoms with E-state index in [-0.39, 0.29) is 5.97 Å². The third-order valence-corrected chi connectivity index (χ3v) is 2.97. The van der Waals surface area contributed by atoms with Crippen LogP contribution in [0.25, 0.3) is 0 Å². The van der Waals surface area contributed by atoms with Crippen molar-refractivity contribution < 1.29 is 14.6 Å². The number of esters is 1. The fourth-order valence-corrected chi connectivity index (χ4v) is 1.83. The van der Waals surface area contributed by atoms with Gasteiger partial charge in [-0.1, -0.05) is 6.07 Å². The summed E-state index contributed by atoms with van der Waals surface area (Å²) in [5.41, 5.74) is 0.789. The molecule has 5 heteroatoms. The molecule has 0 aliphatic rings. The summed E-state index contributed by atoms with van der Waals surface area (Å²) >= 11 is 1.49. The van der Waals surface area contributed by atoms with Crippen LogP contribution in [0.5, 0.6) is 0 Å². The van der Waals surface area contributed by atoms with Gasteiger partial charge in [-0.15, -0.1) is 11.8 Å². The van der Waals surface area contributed by atoms with Gasteiger partial charge >= 0.3 is 5.97 Å². The molecule has 0 aliphatic heterocycles. The molecule has 1 N–H and O–H groups in total. The number of aliphatic hydroxyl groups excluding tert-OH is 1. The Kier molecular flexibility index (Phi) is 5.28. The lowest BCUT2D eigenvalue weighted by Gasteiger charge is -2.04. The first-order valence-corrected chi connectivity index (χ1v) is 5.95. The van der Waals surface area contributed by atoms with Crippen LogP contribution in [0.2, 0.25) is 0 Å². The van der Waals surface area contributed by atoms with Crippen molar-refractivity contribution in [1.82, 2.24) is 4.98 Å². The highest BCUT2D eigenvalue weighted by Crippen LogP contribution is 2.18. The molecular weight excluding hydrogens is 226 g/mol. The zero-order valence-electron chi connectivity index (χ0n) is 9.34. The predicted octanol–water partition coefficient (Wildman–Crippen LogP) is 1.79. The number of ether oxygens (including phenoxy) is 1. The topological polar surface area (TPSA) is 59.4 Å². The molecule has 0 aliphatic carbocycles. The van der Waals surface area contributed by atoms with E-state index in [9.17, 15) is 9.90 Å². The molecule has 0 fully saturated rings. The highest BCUT2D eigenvalue weighted by Gasteiger charge is 2.03. The number of aliphatic hydroxyl groups is 1. The zero-order valence-corrected chi connectivity index (χ0v) is 10.2. The molecule has 0 spiro atoms. The van der Waals surface area contributed by atoms with Gasteiger partial charge in [0.2, 0.25) is 0 Å². The van der Waals surface area contributed by atoms with Crippen molar-refractivity contribution in [3.05, 3.63) is 23.9 Å². The fourth-order valence-electron chi connectivity index (χ4n) is 1.07. The van der Waals surface area contributed by atoms with Gasteiger partial charge in [0.15, 0.2) is 0 Å². The average Bonchev–Trinajstić information content (AvgIpc) is 2.29. The SMILES string of the molecule is COC(=O)CCSc1ccc(C(C)O)cn1. The number of thioether (sulfide) groups is 1. The molecule has 0 bridgehead atoms. The molecule has 1 atom stereocenters. The summed E-state index contributed by atoms with van der Waals surface area (Å²) in [6.07, 6.45) is 1.52. The van der Waals surface area contributed by atoms with Crippen LogP contribution in [0.1, 0.15) is 25.0 Å². The summed E-state index contributed by atoms with van der Waals surface area (Å²) < 4.78 is 4.53. The van der Waals surface area contributed by atoms with Gasteiger partial charge in [-0.05, 0) is 18.6 Å². The van der Waals surface area contributed by atoms with Crippen LogP contribution in [-0.2, 0) is 9.53 Å². The number of hydrogen-bond donors (Lipinski definition) is 1. The molecule has 0 amide bonds. The molecule has 88 valence electrons. The van der Waals surface area contributed by atoms with Crippen molar-refractivity contribution in [2.24, 2.45) is 0 Å². The fraction of sp³-hybridized carbons (Fsp3) is 0.455. The molecule has 1 aromatic rings. The lowest BCUT2D eigenvalue weighted by molar-refractivity contribution is -0.140. The summed E-state index contributed by atoms with van der Waals surface area (Å²) in [5.74, 6) is 0.432. The summed E-state index contributed by atoms with van der Waals surface area (Å²) in [7, 11) is 1.38. The molecule has 0 saturated carbocycles. The van der Waals surface area contributed by atoms with Crippen molar-refractivity contribution in [3.8, 4) is 0 Å². The van der Waals surface area contributed by atoms with Crippen molar-refractivity contribution >= 4 is 17.7 Å². The first-order valence-electron chi connectivity index (χ1n) is 4.97. The number of aromatic nitrogens is 1. The van der Waals surface area contributed by atoms with Crippen LogP contribution in [0.4, 0.5) is 0 Å². The second-order valence-electron chi connectivity index (χ2n) is 3.28. The predicted molar refractivity (Wildman–Crippen MR) is 62.2 cm³/mol. The number of carbonyl (C=O) groups excluding carboxylic acids is 1. The number of pyridine rings is 1. The normalized spacial score (nSPS) is 12.2. The van der Waals surface area contributed by atoms with E-state index >= 15 is 0 Å². The Labute approximate surface area is 99.0 Å². The smallest absolute Gasteiger partial charge is 0.306 e. The van der Waals surface area contributed by atoms with Crippen LogP contribution in [0.15, 0.2) is 23.4 Å². The third-order valence-electron chi connectivity index (χ3n) is 2.03. The molecule has 1 unspecified atom stereocenters. The molecule has 0 radical (unpaired) electrons. The van der Waals surface area contributed by atoms with E-state index < -0.39 is 6.10 Å². The number of carbonyl (C=O) groups is 1. The van der Waals surface area contributed by atoms with Crippen LogP contribution in [0.3, 0.4) is 0 Å². The lowest BCUT2D eigenvalue weighted by Crippen LogP contribution is -2.01. The molecule has 1 aromatic heterocycles. The van der Waals surface area contributed by atoms with Crippen molar-refractivity contribution in [1.29, 1.82) is 0 Å². The van der Waals surface area contributed by atoms with Gasteiger partial charge < -0.3 is 9.84 Å². The standard InChI is InChI=1S/C11H15NO3S/c1-8(13)9-3-4-10(12-7-9)16-6-5-11(14)15-2/h3-4,7-8,13H,5-6H2,1-2H3. The van der Waals surface area contributed by atoms with Crippen molar-refractivity contribution in [2.75, 3.05) is 12.9 Å². The maximum atomic E-state index is 10.9. The lowest BCUT2D eigenvalue weighted by atomic mass is 10.2. The van der Waals surface area contributed by atoms with Crippen LogP contribution in [-0.4, -0.2) is 28.9 Å². The maximum Gasteiger partial charge on any atom is 0.306 e. The van der Waals surface area contributed by atoms with Gasteiger partial charge in [-0.25, -0.2) is 4.98 Å². The molecular formula is C11H15NO3S. The second-order valence-corrected chi connectivity index (χ2v) is 4.40. The number of nitrogens with zero attached hydrogens (tertiary/aromatic N) is 1. The van der Waals surface area contributed by atoms with Crippen molar-refractivity contribution in [3.63, 3.8) is 0 Å². The van der Waals surface area contributed by atoms with Gasteiger partial charge in [0.1, 0.15) is 0 Å². The molecule has 0 aromatic carbocycles. The molecule has 1 heterocycles. The Hall–Kier alpha value is -1.07. The molecule has 4 nitrogen and oxygen atoms in total. The van der Waals surface area contributed by atoms with Crippen LogP contribution >= 0.6 is 11.8 Å². The minimum absolute atomic E-state index is 0.215. The van der Waals surface area contributed by atoms with Crippen molar-refractivity contribution in [2.45, 2.75) is 24.5 Å². The molecule has 16 heavy (non-hydrogen) atoms. The Balaban J connectivity index is 2.40. The Morgan fingerprint density at radius 2 is 2.38 bits per heavy atom. The van der Waals surface area contributed by atoms with E-state index in [1.54, 1.807) is 13.1 Å². The molecule has 0 saturated heterocycles. The van der Waals surface area contributed by atoms with Gasteiger partial charge in [0, 0.05) is 11.9 Å². The van der Waals surface area contributed by atoms with E-state index in [0.717, 1.165) is 10.6 Å². The minimum Gasteiger partial charge on any atom is -0.469 e. The summed E-state index contributed by atoms with van der Waals surface area (Å²) in [4.78, 5) is 15.0.